The standard InChI is InChI=1S/C7H15N3O2S2/c1-2-9-14(11,12)10-6(7(8)13)5-3-4-5/h5-6,9-10H,2-4H2,1H3,(H2,8,13). The number of hydrogen-bond donors (Lipinski definition) is 3. The molecule has 0 aliphatic heterocycles. The predicted molar refractivity (Wildman–Crippen MR) is 59.0 cm³/mol. The summed E-state index contributed by atoms with van der Waals surface area (Å²) in [6.45, 7) is 2.07. The molecule has 0 aromatic rings. The summed E-state index contributed by atoms with van der Waals surface area (Å²) < 4.78 is 27.5. The zero-order valence-corrected chi connectivity index (χ0v) is 9.62. The number of hydrogen-bond acceptors (Lipinski definition) is 3. The van der Waals surface area contributed by atoms with Gasteiger partial charge in [-0.25, -0.2) is 4.72 Å². The first kappa shape index (κ1) is 11.8. The highest BCUT2D eigenvalue weighted by atomic mass is 32.2. The van der Waals surface area contributed by atoms with Crippen LogP contribution in [0.25, 0.3) is 0 Å². The van der Waals surface area contributed by atoms with Crippen molar-refractivity contribution in [2.45, 2.75) is 25.8 Å². The lowest BCUT2D eigenvalue weighted by atomic mass is 10.2. The summed E-state index contributed by atoms with van der Waals surface area (Å²) in [5.74, 6) is 0.279. The second kappa shape index (κ2) is 4.52. The van der Waals surface area contributed by atoms with Gasteiger partial charge in [0.15, 0.2) is 0 Å². The molecule has 5 nitrogen and oxygen atoms in total. The fourth-order valence-corrected chi connectivity index (χ4v) is 2.66. The Balaban J connectivity index is 2.59. The van der Waals surface area contributed by atoms with Gasteiger partial charge in [-0.1, -0.05) is 19.1 Å². The minimum Gasteiger partial charge on any atom is -0.392 e. The second-order valence-electron chi connectivity index (χ2n) is 3.34. The van der Waals surface area contributed by atoms with Crippen LogP contribution < -0.4 is 15.2 Å². The van der Waals surface area contributed by atoms with Crippen molar-refractivity contribution in [1.29, 1.82) is 0 Å². The maximum Gasteiger partial charge on any atom is 0.277 e. The average molecular weight is 237 g/mol. The van der Waals surface area contributed by atoms with Gasteiger partial charge in [0.25, 0.3) is 10.2 Å². The topological polar surface area (TPSA) is 84.2 Å². The molecule has 0 bridgehead atoms. The van der Waals surface area contributed by atoms with Gasteiger partial charge in [0.1, 0.15) is 0 Å². The van der Waals surface area contributed by atoms with E-state index in [9.17, 15) is 8.42 Å². The molecule has 1 saturated carbocycles. The van der Waals surface area contributed by atoms with Crippen molar-refractivity contribution in [3.05, 3.63) is 0 Å². The molecule has 1 unspecified atom stereocenters. The molecule has 1 atom stereocenters. The maximum atomic E-state index is 11.3. The quantitative estimate of drug-likeness (QED) is 0.544. The highest BCUT2D eigenvalue weighted by Gasteiger charge is 2.35. The second-order valence-corrected chi connectivity index (χ2v) is 5.34. The smallest absolute Gasteiger partial charge is 0.277 e. The fraction of sp³-hybridized carbons (Fsp3) is 0.857. The van der Waals surface area contributed by atoms with Crippen LogP contribution in [0.15, 0.2) is 0 Å². The summed E-state index contributed by atoms with van der Waals surface area (Å²) in [5, 5.41) is 0. The highest BCUT2D eigenvalue weighted by molar-refractivity contribution is 7.87. The van der Waals surface area contributed by atoms with Gasteiger partial charge in [-0.05, 0) is 18.8 Å². The Morgan fingerprint density at radius 3 is 2.57 bits per heavy atom. The number of thiocarbonyl (C=S) groups is 1. The third-order valence-corrected chi connectivity index (χ3v) is 3.50. The molecule has 0 aromatic heterocycles. The number of rotatable bonds is 6. The lowest BCUT2D eigenvalue weighted by molar-refractivity contribution is 0.553. The van der Waals surface area contributed by atoms with Gasteiger partial charge in [0, 0.05) is 6.54 Å². The van der Waals surface area contributed by atoms with Crippen LogP contribution in [0.3, 0.4) is 0 Å². The summed E-state index contributed by atoms with van der Waals surface area (Å²) in [6.07, 6.45) is 1.97. The van der Waals surface area contributed by atoms with Crippen LogP contribution >= 0.6 is 12.2 Å². The summed E-state index contributed by atoms with van der Waals surface area (Å²) in [4.78, 5) is 0.217. The third kappa shape index (κ3) is 3.49. The molecule has 1 aliphatic carbocycles. The van der Waals surface area contributed by atoms with Gasteiger partial charge in [0.2, 0.25) is 0 Å². The normalized spacial score (nSPS) is 19.2. The Morgan fingerprint density at radius 1 is 1.64 bits per heavy atom. The van der Waals surface area contributed by atoms with Crippen LogP contribution in [0, 0.1) is 5.92 Å². The Morgan fingerprint density at radius 2 is 2.21 bits per heavy atom. The van der Waals surface area contributed by atoms with Gasteiger partial charge in [-0.15, -0.1) is 0 Å². The molecule has 1 rings (SSSR count). The van der Waals surface area contributed by atoms with E-state index in [1.54, 1.807) is 6.92 Å². The van der Waals surface area contributed by atoms with E-state index in [1.165, 1.54) is 0 Å². The minimum atomic E-state index is -3.45. The monoisotopic (exact) mass is 237 g/mol. The Kier molecular flexibility index (Phi) is 3.82. The van der Waals surface area contributed by atoms with Crippen molar-refractivity contribution < 1.29 is 8.42 Å². The lowest BCUT2D eigenvalue weighted by Gasteiger charge is -2.16. The van der Waals surface area contributed by atoms with E-state index in [0.29, 0.717) is 6.54 Å². The van der Waals surface area contributed by atoms with Crippen molar-refractivity contribution in [1.82, 2.24) is 9.44 Å². The maximum absolute atomic E-state index is 11.3. The molecule has 0 radical (unpaired) electrons. The van der Waals surface area contributed by atoms with Gasteiger partial charge < -0.3 is 5.73 Å². The first-order chi connectivity index (χ1) is 6.46. The van der Waals surface area contributed by atoms with E-state index in [1.807, 2.05) is 0 Å². The lowest BCUT2D eigenvalue weighted by Crippen LogP contribution is -2.49. The first-order valence-electron chi connectivity index (χ1n) is 4.52. The minimum absolute atomic E-state index is 0.217. The van der Waals surface area contributed by atoms with Crippen LogP contribution in [-0.4, -0.2) is 26.0 Å². The molecular weight excluding hydrogens is 222 g/mol. The molecule has 1 aliphatic rings. The van der Waals surface area contributed by atoms with E-state index in [0.717, 1.165) is 12.8 Å². The first-order valence-corrected chi connectivity index (χ1v) is 6.41. The van der Waals surface area contributed by atoms with E-state index < -0.39 is 16.3 Å². The molecule has 0 amide bonds. The Labute approximate surface area is 89.6 Å². The van der Waals surface area contributed by atoms with Crippen molar-refractivity contribution in [2.24, 2.45) is 11.7 Å². The molecule has 0 saturated heterocycles. The van der Waals surface area contributed by atoms with E-state index in [4.69, 9.17) is 18.0 Å². The Hall–Kier alpha value is -0.240. The largest absolute Gasteiger partial charge is 0.392 e. The van der Waals surface area contributed by atoms with Crippen LogP contribution in [0.5, 0.6) is 0 Å². The van der Waals surface area contributed by atoms with E-state index >= 15 is 0 Å². The highest BCUT2D eigenvalue weighted by Crippen LogP contribution is 2.32. The number of nitrogens with two attached hydrogens (primary N) is 1. The van der Waals surface area contributed by atoms with E-state index in [-0.39, 0.29) is 10.9 Å². The number of nitrogens with one attached hydrogen (secondary N) is 2. The molecule has 0 spiro atoms. The Bertz CT molecular complexity index is 311. The SMILES string of the molecule is CCNS(=O)(=O)NC(C(N)=S)C1CC1. The van der Waals surface area contributed by atoms with Gasteiger partial charge in [-0.2, -0.15) is 13.1 Å². The molecule has 1 fully saturated rings. The summed E-state index contributed by atoms with van der Waals surface area (Å²) in [7, 11) is -3.45. The van der Waals surface area contributed by atoms with Crippen molar-refractivity contribution >= 4 is 27.4 Å². The van der Waals surface area contributed by atoms with E-state index in [2.05, 4.69) is 9.44 Å². The van der Waals surface area contributed by atoms with Gasteiger partial charge in [-0.3, -0.25) is 0 Å². The van der Waals surface area contributed by atoms with Crippen LogP contribution in [0.4, 0.5) is 0 Å². The molecule has 4 N–H and O–H groups in total. The van der Waals surface area contributed by atoms with Crippen molar-refractivity contribution in [3.8, 4) is 0 Å². The van der Waals surface area contributed by atoms with Crippen molar-refractivity contribution in [2.75, 3.05) is 6.54 Å². The zero-order valence-electron chi connectivity index (χ0n) is 7.99. The predicted octanol–water partition coefficient (Wildman–Crippen LogP) is -0.505. The molecule has 0 aromatic carbocycles. The third-order valence-electron chi connectivity index (χ3n) is 2.02. The molecular formula is C7H15N3O2S2. The summed E-state index contributed by atoms with van der Waals surface area (Å²) in [5.41, 5.74) is 5.46. The van der Waals surface area contributed by atoms with Crippen LogP contribution in [-0.2, 0) is 10.2 Å². The molecule has 82 valence electrons. The van der Waals surface area contributed by atoms with Crippen LogP contribution in [0.2, 0.25) is 0 Å². The van der Waals surface area contributed by atoms with Crippen molar-refractivity contribution in [3.63, 3.8) is 0 Å². The average Bonchev–Trinajstić information content (AvgIpc) is 2.82. The molecule has 14 heavy (non-hydrogen) atoms. The zero-order chi connectivity index (χ0) is 10.8. The van der Waals surface area contributed by atoms with Gasteiger partial charge in [0.05, 0.1) is 11.0 Å². The fourth-order valence-electron chi connectivity index (χ4n) is 1.22. The van der Waals surface area contributed by atoms with Gasteiger partial charge >= 0.3 is 0 Å². The molecule has 0 heterocycles. The summed E-state index contributed by atoms with van der Waals surface area (Å²) in [6, 6.07) is -0.394. The molecule has 7 heteroatoms. The summed E-state index contributed by atoms with van der Waals surface area (Å²) >= 11 is 4.81. The van der Waals surface area contributed by atoms with Crippen LogP contribution in [0.1, 0.15) is 19.8 Å².